The molecule has 0 saturated carbocycles. The summed E-state index contributed by atoms with van der Waals surface area (Å²) in [6.07, 6.45) is 12.8. The average Bonchev–Trinajstić information content (AvgIpc) is 2.35. The van der Waals surface area contributed by atoms with Gasteiger partial charge in [0, 0.05) is 31.1 Å². The number of hydrogen-bond acceptors (Lipinski definition) is 2. The molecule has 0 fully saturated rings. The van der Waals surface area contributed by atoms with Crippen molar-refractivity contribution in [3.8, 4) is 0 Å². The van der Waals surface area contributed by atoms with Gasteiger partial charge in [-0.3, -0.25) is 4.79 Å². The maximum Gasteiger partial charge on any atom is 0.181 e. The molecule has 1 heterocycles. The molecule has 1 aromatic heterocycles. The fourth-order valence-electron chi connectivity index (χ4n) is 1.88. The Labute approximate surface area is 109 Å². The molecule has 0 aliphatic rings. The standard InChI is InChI=1S/C14H23NOS/c16-14-8-11-15(12-9-14)10-6-4-2-1-3-5-7-13-17/h8-9,11-12,17H,1-7,10,13H2. The lowest BCUT2D eigenvalue weighted by Crippen LogP contribution is -2.03. The van der Waals surface area contributed by atoms with E-state index in [4.69, 9.17) is 0 Å². The molecule has 0 atom stereocenters. The Morgan fingerprint density at radius 2 is 1.41 bits per heavy atom. The summed E-state index contributed by atoms with van der Waals surface area (Å²) in [5.41, 5.74) is 0.0884. The van der Waals surface area contributed by atoms with Crippen LogP contribution in [0.15, 0.2) is 29.3 Å². The van der Waals surface area contributed by atoms with Crippen LogP contribution < -0.4 is 5.43 Å². The fourth-order valence-corrected chi connectivity index (χ4v) is 2.11. The number of aryl methyl sites for hydroxylation is 1. The summed E-state index contributed by atoms with van der Waals surface area (Å²) in [6, 6.07) is 3.24. The van der Waals surface area contributed by atoms with Crippen LogP contribution in [0.25, 0.3) is 0 Å². The Balaban J connectivity index is 1.97. The Hall–Kier alpha value is -0.700. The second-order valence-corrected chi connectivity index (χ2v) is 4.92. The number of nitrogens with zero attached hydrogens (tertiary/aromatic N) is 1. The highest BCUT2D eigenvalue weighted by Gasteiger charge is 1.92. The van der Waals surface area contributed by atoms with Gasteiger partial charge in [0.25, 0.3) is 0 Å². The third kappa shape index (κ3) is 7.27. The SMILES string of the molecule is O=c1ccn(CCCCCCCCCS)cc1. The first-order chi connectivity index (χ1) is 8.33. The topological polar surface area (TPSA) is 22.0 Å². The van der Waals surface area contributed by atoms with Gasteiger partial charge in [0.1, 0.15) is 0 Å². The van der Waals surface area contributed by atoms with E-state index in [0.29, 0.717) is 0 Å². The molecule has 0 N–H and O–H groups in total. The minimum atomic E-state index is 0.0884. The van der Waals surface area contributed by atoms with Gasteiger partial charge in [-0.1, -0.05) is 32.1 Å². The summed E-state index contributed by atoms with van der Waals surface area (Å²) in [5.74, 6) is 1.02. The van der Waals surface area contributed by atoms with Crippen LogP contribution >= 0.6 is 12.6 Å². The van der Waals surface area contributed by atoms with Gasteiger partial charge in [0.2, 0.25) is 0 Å². The van der Waals surface area contributed by atoms with Crippen molar-refractivity contribution in [1.29, 1.82) is 0 Å². The number of aromatic nitrogens is 1. The van der Waals surface area contributed by atoms with E-state index in [9.17, 15) is 4.79 Å². The predicted molar refractivity (Wildman–Crippen MR) is 76.9 cm³/mol. The molecule has 0 bridgehead atoms. The summed E-state index contributed by atoms with van der Waals surface area (Å²) in [5, 5.41) is 0. The van der Waals surface area contributed by atoms with E-state index in [1.165, 1.54) is 44.9 Å². The molecule has 2 nitrogen and oxygen atoms in total. The first-order valence-corrected chi connectivity index (χ1v) is 7.23. The highest BCUT2D eigenvalue weighted by atomic mass is 32.1. The lowest BCUT2D eigenvalue weighted by Gasteiger charge is -2.05. The number of pyridine rings is 1. The monoisotopic (exact) mass is 253 g/mol. The molecule has 0 unspecified atom stereocenters. The molecule has 1 aromatic rings. The van der Waals surface area contributed by atoms with Crippen LogP contribution in [0.4, 0.5) is 0 Å². The zero-order chi connectivity index (χ0) is 12.3. The van der Waals surface area contributed by atoms with Gasteiger partial charge in [-0.25, -0.2) is 0 Å². The number of thiol groups is 1. The van der Waals surface area contributed by atoms with E-state index in [1.807, 2.05) is 12.4 Å². The molecule has 1 rings (SSSR count). The second-order valence-electron chi connectivity index (χ2n) is 4.47. The minimum Gasteiger partial charge on any atom is -0.354 e. The normalized spacial score (nSPS) is 10.6. The Bertz CT molecular complexity index is 328. The molecular weight excluding hydrogens is 230 g/mol. The molecule has 3 heteroatoms. The predicted octanol–water partition coefficient (Wildman–Crippen LogP) is 3.51. The van der Waals surface area contributed by atoms with E-state index in [-0.39, 0.29) is 5.43 Å². The highest BCUT2D eigenvalue weighted by molar-refractivity contribution is 7.80. The maximum absolute atomic E-state index is 10.9. The first kappa shape index (κ1) is 14.4. The van der Waals surface area contributed by atoms with Gasteiger partial charge in [0.15, 0.2) is 5.43 Å². The largest absolute Gasteiger partial charge is 0.354 e. The smallest absolute Gasteiger partial charge is 0.181 e. The molecule has 0 radical (unpaired) electrons. The van der Waals surface area contributed by atoms with Crippen LogP contribution in [0.2, 0.25) is 0 Å². The number of rotatable bonds is 9. The highest BCUT2D eigenvalue weighted by Crippen LogP contribution is 2.08. The summed E-state index contributed by atoms with van der Waals surface area (Å²) in [4.78, 5) is 10.9. The Morgan fingerprint density at radius 3 is 2.00 bits per heavy atom. The van der Waals surface area contributed by atoms with Crippen molar-refractivity contribution in [2.75, 3.05) is 5.75 Å². The molecule has 0 aromatic carbocycles. The average molecular weight is 253 g/mol. The second kappa shape index (κ2) is 9.34. The van der Waals surface area contributed by atoms with Crippen molar-refractivity contribution in [3.63, 3.8) is 0 Å². The fraction of sp³-hybridized carbons (Fsp3) is 0.643. The van der Waals surface area contributed by atoms with E-state index in [0.717, 1.165) is 12.3 Å². The van der Waals surface area contributed by atoms with Crippen molar-refractivity contribution in [2.24, 2.45) is 0 Å². The van der Waals surface area contributed by atoms with Crippen LogP contribution in [0, 0.1) is 0 Å². The van der Waals surface area contributed by atoms with Crippen LogP contribution in [-0.4, -0.2) is 10.3 Å². The molecular formula is C14H23NOS. The van der Waals surface area contributed by atoms with Crippen LogP contribution in [0.5, 0.6) is 0 Å². The van der Waals surface area contributed by atoms with Crippen molar-refractivity contribution in [2.45, 2.75) is 51.5 Å². The van der Waals surface area contributed by atoms with Crippen LogP contribution in [0.3, 0.4) is 0 Å². The summed E-state index contributed by atoms with van der Waals surface area (Å²) < 4.78 is 2.09. The van der Waals surface area contributed by atoms with Gasteiger partial charge >= 0.3 is 0 Å². The molecule has 0 aliphatic carbocycles. The third-order valence-electron chi connectivity index (χ3n) is 2.93. The van der Waals surface area contributed by atoms with E-state index in [2.05, 4.69) is 17.2 Å². The first-order valence-electron chi connectivity index (χ1n) is 6.60. The van der Waals surface area contributed by atoms with E-state index >= 15 is 0 Å². The van der Waals surface area contributed by atoms with Crippen LogP contribution in [0.1, 0.15) is 44.9 Å². The number of hydrogen-bond donors (Lipinski definition) is 1. The third-order valence-corrected chi connectivity index (χ3v) is 3.25. The molecule has 17 heavy (non-hydrogen) atoms. The zero-order valence-corrected chi connectivity index (χ0v) is 11.4. The Morgan fingerprint density at radius 1 is 0.882 bits per heavy atom. The minimum absolute atomic E-state index is 0.0884. The van der Waals surface area contributed by atoms with Gasteiger partial charge in [-0.15, -0.1) is 0 Å². The zero-order valence-electron chi connectivity index (χ0n) is 10.5. The van der Waals surface area contributed by atoms with Gasteiger partial charge in [-0.05, 0) is 18.6 Å². The van der Waals surface area contributed by atoms with E-state index < -0.39 is 0 Å². The van der Waals surface area contributed by atoms with Crippen molar-refractivity contribution in [3.05, 3.63) is 34.7 Å². The summed E-state index contributed by atoms with van der Waals surface area (Å²) >= 11 is 4.20. The van der Waals surface area contributed by atoms with Gasteiger partial charge in [-0.2, -0.15) is 12.6 Å². The van der Waals surface area contributed by atoms with Crippen molar-refractivity contribution >= 4 is 12.6 Å². The lowest BCUT2D eigenvalue weighted by molar-refractivity contribution is 0.549. The van der Waals surface area contributed by atoms with Crippen molar-refractivity contribution in [1.82, 2.24) is 4.57 Å². The number of unbranched alkanes of at least 4 members (excludes halogenated alkanes) is 6. The molecule has 96 valence electrons. The lowest BCUT2D eigenvalue weighted by atomic mass is 10.1. The summed E-state index contributed by atoms with van der Waals surface area (Å²) in [6.45, 7) is 1.02. The molecule has 0 amide bonds. The van der Waals surface area contributed by atoms with Gasteiger partial charge < -0.3 is 4.57 Å². The van der Waals surface area contributed by atoms with Crippen molar-refractivity contribution < 1.29 is 0 Å². The molecule has 0 aliphatic heterocycles. The molecule has 0 saturated heterocycles. The molecule has 0 spiro atoms. The van der Waals surface area contributed by atoms with Gasteiger partial charge in [0.05, 0.1) is 0 Å². The Kier molecular flexibility index (Phi) is 7.89. The maximum atomic E-state index is 10.9. The quantitative estimate of drug-likeness (QED) is 0.528. The van der Waals surface area contributed by atoms with E-state index in [1.54, 1.807) is 12.1 Å². The van der Waals surface area contributed by atoms with Crippen LogP contribution in [-0.2, 0) is 6.54 Å². The summed E-state index contributed by atoms with van der Waals surface area (Å²) in [7, 11) is 0.